The van der Waals surface area contributed by atoms with Crippen molar-refractivity contribution < 1.29 is 4.79 Å². The third-order valence-corrected chi connectivity index (χ3v) is 5.75. The standard InChI is InChI=1S/C23H28N2O/c26-23(24-20-13-15-25(16-14-20)21-11-12-21)17-22(18-7-3-1-4-8-18)19-9-5-2-6-10-19/h1-10,20-22H,11-17H2,(H,24,26). The molecular weight excluding hydrogens is 320 g/mol. The van der Waals surface area contributed by atoms with E-state index in [-0.39, 0.29) is 11.8 Å². The molecule has 0 unspecified atom stereocenters. The van der Waals surface area contributed by atoms with Gasteiger partial charge in [-0.1, -0.05) is 60.7 Å². The Morgan fingerprint density at radius 2 is 1.42 bits per heavy atom. The van der Waals surface area contributed by atoms with Crippen molar-refractivity contribution in [2.75, 3.05) is 13.1 Å². The van der Waals surface area contributed by atoms with Gasteiger partial charge in [0.1, 0.15) is 0 Å². The van der Waals surface area contributed by atoms with Crippen LogP contribution in [0.4, 0.5) is 0 Å². The molecule has 2 aromatic carbocycles. The van der Waals surface area contributed by atoms with Crippen LogP contribution in [0.2, 0.25) is 0 Å². The van der Waals surface area contributed by atoms with E-state index in [9.17, 15) is 4.79 Å². The summed E-state index contributed by atoms with van der Waals surface area (Å²) in [5.74, 6) is 0.288. The Balaban J connectivity index is 1.38. The van der Waals surface area contributed by atoms with E-state index in [2.05, 4.69) is 58.7 Å². The predicted octanol–water partition coefficient (Wildman–Crippen LogP) is 3.95. The molecule has 1 saturated heterocycles. The lowest BCUT2D eigenvalue weighted by molar-refractivity contribution is -0.122. The summed E-state index contributed by atoms with van der Waals surface area (Å²) in [6, 6.07) is 21.9. The van der Waals surface area contributed by atoms with E-state index in [0.717, 1.165) is 32.0 Å². The van der Waals surface area contributed by atoms with Crippen molar-refractivity contribution in [3.8, 4) is 0 Å². The van der Waals surface area contributed by atoms with Crippen LogP contribution in [0.5, 0.6) is 0 Å². The lowest BCUT2D eigenvalue weighted by Crippen LogP contribution is -2.45. The Morgan fingerprint density at radius 1 is 0.885 bits per heavy atom. The van der Waals surface area contributed by atoms with Crippen LogP contribution in [0.15, 0.2) is 60.7 Å². The SMILES string of the molecule is O=C(CC(c1ccccc1)c1ccccc1)NC1CCN(C2CC2)CC1. The highest BCUT2D eigenvalue weighted by Gasteiger charge is 2.32. The van der Waals surface area contributed by atoms with Crippen LogP contribution in [0.3, 0.4) is 0 Å². The first-order valence-corrected chi connectivity index (χ1v) is 9.93. The second-order valence-corrected chi connectivity index (χ2v) is 7.69. The first-order valence-electron chi connectivity index (χ1n) is 9.93. The molecule has 1 aliphatic heterocycles. The topological polar surface area (TPSA) is 32.3 Å². The van der Waals surface area contributed by atoms with Gasteiger partial charge in [-0.05, 0) is 36.8 Å². The van der Waals surface area contributed by atoms with Gasteiger partial charge in [-0.2, -0.15) is 0 Å². The van der Waals surface area contributed by atoms with Crippen molar-refractivity contribution in [1.29, 1.82) is 0 Å². The van der Waals surface area contributed by atoms with Crippen LogP contribution < -0.4 is 5.32 Å². The molecule has 1 amide bonds. The third-order valence-electron chi connectivity index (χ3n) is 5.75. The Bertz CT molecular complexity index is 664. The zero-order chi connectivity index (χ0) is 17.8. The van der Waals surface area contributed by atoms with Gasteiger partial charge in [0.25, 0.3) is 0 Å². The number of carbonyl (C=O) groups is 1. The summed E-state index contributed by atoms with van der Waals surface area (Å²) >= 11 is 0. The zero-order valence-corrected chi connectivity index (χ0v) is 15.3. The number of rotatable bonds is 6. The normalized spacial score (nSPS) is 18.8. The van der Waals surface area contributed by atoms with Gasteiger partial charge in [-0.25, -0.2) is 0 Å². The highest BCUT2D eigenvalue weighted by Crippen LogP contribution is 2.30. The highest BCUT2D eigenvalue weighted by atomic mass is 16.1. The maximum absolute atomic E-state index is 12.8. The average Bonchev–Trinajstić information content (AvgIpc) is 3.53. The molecule has 1 N–H and O–H groups in total. The summed E-state index contributed by atoms with van der Waals surface area (Å²) in [4.78, 5) is 15.4. The maximum Gasteiger partial charge on any atom is 0.221 e. The van der Waals surface area contributed by atoms with Crippen molar-refractivity contribution in [2.45, 2.75) is 50.1 Å². The average molecular weight is 348 g/mol. The smallest absolute Gasteiger partial charge is 0.221 e. The number of amides is 1. The lowest BCUT2D eigenvalue weighted by Gasteiger charge is -2.32. The van der Waals surface area contributed by atoms with Gasteiger partial charge < -0.3 is 10.2 Å². The molecule has 0 spiro atoms. The number of benzene rings is 2. The first kappa shape index (κ1) is 17.3. The molecule has 4 rings (SSSR count). The minimum atomic E-state index is 0.115. The summed E-state index contributed by atoms with van der Waals surface area (Å²) in [5.41, 5.74) is 2.41. The van der Waals surface area contributed by atoms with Gasteiger partial charge in [0, 0.05) is 37.5 Å². The molecule has 0 bridgehead atoms. The molecule has 2 aromatic rings. The molecule has 3 heteroatoms. The van der Waals surface area contributed by atoms with Crippen LogP contribution in [-0.2, 0) is 4.79 Å². The molecule has 2 fully saturated rings. The van der Waals surface area contributed by atoms with E-state index in [1.54, 1.807) is 0 Å². The molecule has 1 heterocycles. The monoisotopic (exact) mass is 348 g/mol. The second-order valence-electron chi connectivity index (χ2n) is 7.69. The molecule has 0 atom stereocenters. The van der Waals surface area contributed by atoms with Crippen LogP contribution >= 0.6 is 0 Å². The molecule has 136 valence electrons. The fourth-order valence-corrected chi connectivity index (χ4v) is 4.12. The number of hydrogen-bond acceptors (Lipinski definition) is 2. The molecule has 1 saturated carbocycles. The van der Waals surface area contributed by atoms with E-state index in [0.29, 0.717) is 12.5 Å². The predicted molar refractivity (Wildman–Crippen MR) is 105 cm³/mol. The van der Waals surface area contributed by atoms with Gasteiger partial charge >= 0.3 is 0 Å². The van der Waals surface area contributed by atoms with Crippen LogP contribution in [0.1, 0.15) is 49.1 Å². The second kappa shape index (κ2) is 8.05. The van der Waals surface area contributed by atoms with Gasteiger partial charge in [0.05, 0.1) is 0 Å². The maximum atomic E-state index is 12.8. The van der Waals surface area contributed by atoms with Crippen LogP contribution in [0, 0.1) is 0 Å². The van der Waals surface area contributed by atoms with E-state index in [1.807, 2.05) is 12.1 Å². The van der Waals surface area contributed by atoms with Crippen molar-refractivity contribution in [3.05, 3.63) is 71.8 Å². The number of nitrogens with one attached hydrogen (secondary N) is 1. The molecule has 3 nitrogen and oxygen atoms in total. The number of nitrogens with zero attached hydrogens (tertiary/aromatic N) is 1. The summed E-state index contributed by atoms with van der Waals surface area (Å²) in [6.07, 6.45) is 5.42. The first-order chi connectivity index (χ1) is 12.8. The molecule has 1 aliphatic carbocycles. The minimum absolute atomic E-state index is 0.115. The Labute approximate surface area is 156 Å². The summed E-state index contributed by atoms with van der Waals surface area (Å²) in [6.45, 7) is 2.27. The van der Waals surface area contributed by atoms with Crippen molar-refractivity contribution in [3.63, 3.8) is 0 Å². The van der Waals surface area contributed by atoms with Crippen molar-refractivity contribution in [2.24, 2.45) is 0 Å². The van der Waals surface area contributed by atoms with Gasteiger partial charge in [0.2, 0.25) is 5.91 Å². The van der Waals surface area contributed by atoms with Crippen LogP contribution in [0.25, 0.3) is 0 Å². The highest BCUT2D eigenvalue weighted by molar-refractivity contribution is 5.78. The minimum Gasteiger partial charge on any atom is -0.353 e. The Morgan fingerprint density at radius 3 is 1.92 bits per heavy atom. The molecule has 0 radical (unpaired) electrons. The van der Waals surface area contributed by atoms with Crippen molar-refractivity contribution >= 4 is 5.91 Å². The van der Waals surface area contributed by atoms with E-state index < -0.39 is 0 Å². The number of likely N-dealkylation sites (tertiary alicyclic amines) is 1. The van der Waals surface area contributed by atoms with E-state index in [4.69, 9.17) is 0 Å². The summed E-state index contributed by atoms with van der Waals surface area (Å²) in [7, 11) is 0. The summed E-state index contributed by atoms with van der Waals surface area (Å²) in [5, 5.41) is 3.30. The summed E-state index contributed by atoms with van der Waals surface area (Å²) < 4.78 is 0. The van der Waals surface area contributed by atoms with Gasteiger partial charge in [-0.15, -0.1) is 0 Å². The van der Waals surface area contributed by atoms with E-state index in [1.165, 1.54) is 24.0 Å². The third kappa shape index (κ3) is 4.34. The quantitative estimate of drug-likeness (QED) is 0.857. The zero-order valence-electron chi connectivity index (χ0n) is 15.3. The molecule has 0 aromatic heterocycles. The number of carbonyl (C=O) groups excluding carboxylic acids is 1. The van der Waals surface area contributed by atoms with Crippen LogP contribution in [-0.4, -0.2) is 36.0 Å². The number of hydrogen-bond donors (Lipinski definition) is 1. The molecule has 26 heavy (non-hydrogen) atoms. The Hall–Kier alpha value is -2.13. The van der Waals surface area contributed by atoms with E-state index >= 15 is 0 Å². The number of piperidine rings is 1. The van der Waals surface area contributed by atoms with Gasteiger partial charge in [-0.3, -0.25) is 4.79 Å². The Kier molecular flexibility index (Phi) is 5.35. The fraction of sp³-hybridized carbons (Fsp3) is 0.435. The largest absolute Gasteiger partial charge is 0.353 e. The van der Waals surface area contributed by atoms with Crippen molar-refractivity contribution in [1.82, 2.24) is 10.2 Å². The lowest BCUT2D eigenvalue weighted by atomic mass is 9.88. The molecule has 2 aliphatic rings. The fourth-order valence-electron chi connectivity index (χ4n) is 4.12. The van der Waals surface area contributed by atoms with Gasteiger partial charge in [0.15, 0.2) is 0 Å². The molecular formula is C23H28N2O.